The van der Waals surface area contributed by atoms with E-state index < -0.39 is 10.0 Å². The van der Waals surface area contributed by atoms with Crippen LogP contribution in [0.5, 0.6) is 5.75 Å². The number of carbonyl (C=O) groups is 1. The van der Waals surface area contributed by atoms with E-state index in [1.165, 1.54) is 4.31 Å². The van der Waals surface area contributed by atoms with Crippen molar-refractivity contribution >= 4 is 33.4 Å². The molecule has 1 unspecified atom stereocenters. The van der Waals surface area contributed by atoms with Crippen molar-refractivity contribution in [2.24, 2.45) is 5.92 Å². The van der Waals surface area contributed by atoms with Gasteiger partial charge in [0.05, 0.1) is 17.2 Å². The number of nitrogens with one attached hydrogen (secondary N) is 1. The highest BCUT2D eigenvalue weighted by atomic mass is 32.2. The fourth-order valence-corrected chi connectivity index (χ4v) is 5.28. The third-order valence-corrected chi connectivity index (χ3v) is 8.03. The van der Waals surface area contributed by atoms with Gasteiger partial charge in [-0.1, -0.05) is 33.1 Å². The van der Waals surface area contributed by atoms with Gasteiger partial charge in [0, 0.05) is 11.4 Å². The monoisotopic (exact) mass is 492 g/mol. The van der Waals surface area contributed by atoms with Crippen LogP contribution in [0, 0.1) is 5.92 Å². The van der Waals surface area contributed by atoms with Gasteiger partial charge in [0.25, 0.3) is 10.0 Å². The highest BCUT2D eigenvalue weighted by Crippen LogP contribution is 2.27. The first kappa shape index (κ1) is 27.1. The van der Waals surface area contributed by atoms with Crippen LogP contribution in [0.1, 0.15) is 46.5 Å². The Bertz CT molecular complexity index is 961. The minimum atomic E-state index is -3.94. The van der Waals surface area contributed by atoms with Gasteiger partial charge >= 0.3 is 0 Å². The standard InChI is InChI=1S/C25H36N2O4S2/c1-5-8-9-20(6-2)18-26-25(28)19-27(21-10-12-22(13-11-21)31-7-3)33(29,30)24-16-14-23(32-4)15-17-24/h10-17,20H,5-9,18-19H2,1-4H3,(H,26,28). The summed E-state index contributed by atoms with van der Waals surface area (Å²) < 4.78 is 33.7. The van der Waals surface area contributed by atoms with Crippen LogP contribution < -0.4 is 14.4 Å². The molecule has 0 aliphatic carbocycles. The minimum absolute atomic E-state index is 0.149. The van der Waals surface area contributed by atoms with E-state index in [0.29, 0.717) is 30.5 Å². The van der Waals surface area contributed by atoms with Gasteiger partial charge in [0.1, 0.15) is 12.3 Å². The Morgan fingerprint density at radius 3 is 2.27 bits per heavy atom. The molecule has 0 aliphatic rings. The van der Waals surface area contributed by atoms with E-state index in [-0.39, 0.29) is 17.3 Å². The molecule has 8 heteroatoms. The van der Waals surface area contributed by atoms with Gasteiger partial charge < -0.3 is 10.1 Å². The van der Waals surface area contributed by atoms with Crippen LogP contribution in [0.4, 0.5) is 5.69 Å². The number of nitrogens with zero attached hydrogens (tertiary/aromatic N) is 1. The first-order valence-corrected chi connectivity index (χ1v) is 14.2. The van der Waals surface area contributed by atoms with Crippen molar-refractivity contribution in [2.75, 3.05) is 30.3 Å². The maximum Gasteiger partial charge on any atom is 0.264 e. The van der Waals surface area contributed by atoms with E-state index in [9.17, 15) is 13.2 Å². The Morgan fingerprint density at radius 1 is 1.06 bits per heavy atom. The van der Waals surface area contributed by atoms with Gasteiger partial charge in [-0.05, 0) is 74.0 Å². The Hall–Kier alpha value is -2.19. The van der Waals surface area contributed by atoms with E-state index in [1.807, 2.05) is 13.2 Å². The van der Waals surface area contributed by atoms with Gasteiger partial charge in [-0.3, -0.25) is 9.10 Å². The fraction of sp³-hybridized carbons (Fsp3) is 0.480. The number of sulfonamides is 1. The molecule has 182 valence electrons. The summed E-state index contributed by atoms with van der Waals surface area (Å²) in [5, 5.41) is 2.94. The topological polar surface area (TPSA) is 75.7 Å². The Kier molecular flexibility index (Phi) is 11.1. The predicted molar refractivity (Wildman–Crippen MR) is 137 cm³/mol. The number of carbonyl (C=O) groups excluding carboxylic acids is 1. The molecule has 0 fully saturated rings. The van der Waals surface area contributed by atoms with Crippen LogP contribution in [-0.2, 0) is 14.8 Å². The molecule has 0 aliphatic heterocycles. The Balaban J connectivity index is 2.27. The van der Waals surface area contributed by atoms with Crippen molar-refractivity contribution in [1.29, 1.82) is 0 Å². The van der Waals surface area contributed by atoms with Crippen LogP contribution >= 0.6 is 11.8 Å². The van der Waals surface area contributed by atoms with Crippen molar-refractivity contribution < 1.29 is 17.9 Å². The van der Waals surface area contributed by atoms with Crippen LogP contribution in [0.25, 0.3) is 0 Å². The summed E-state index contributed by atoms with van der Waals surface area (Å²) in [6.45, 7) is 6.93. The quantitative estimate of drug-likeness (QED) is 0.361. The molecule has 0 saturated heterocycles. The summed E-state index contributed by atoms with van der Waals surface area (Å²) in [6, 6.07) is 13.5. The van der Waals surface area contributed by atoms with Gasteiger partial charge in [0.15, 0.2) is 0 Å². The summed E-state index contributed by atoms with van der Waals surface area (Å²) in [7, 11) is -3.94. The van der Waals surface area contributed by atoms with Gasteiger partial charge in [-0.2, -0.15) is 0 Å². The fourth-order valence-electron chi connectivity index (χ4n) is 3.45. The number of hydrogen-bond donors (Lipinski definition) is 1. The molecule has 33 heavy (non-hydrogen) atoms. The third kappa shape index (κ3) is 7.96. The molecule has 0 spiro atoms. The molecule has 0 bridgehead atoms. The van der Waals surface area contributed by atoms with Gasteiger partial charge in [-0.25, -0.2) is 8.42 Å². The molecule has 0 heterocycles. The predicted octanol–water partition coefficient (Wildman–Crippen LogP) is 5.34. The summed E-state index contributed by atoms with van der Waals surface area (Å²) in [4.78, 5) is 13.9. The van der Waals surface area contributed by atoms with E-state index in [1.54, 1.807) is 60.3 Å². The summed E-state index contributed by atoms with van der Waals surface area (Å²) in [6.07, 6.45) is 6.19. The Labute approximate surface area is 203 Å². The second-order valence-corrected chi connectivity index (χ2v) is 10.6. The first-order valence-electron chi connectivity index (χ1n) is 11.5. The average molecular weight is 493 g/mol. The Morgan fingerprint density at radius 2 is 1.73 bits per heavy atom. The molecule has 1 N–H and O–H groups in total. The molecule has 0 saturated carbocycles. The molecule has 0 radical (unpaired) electrons. The zero-order valence-corrected chi connectivity index (χ0v) is 21.7. The number of unbranched alkanes of at least 4 members (excludes halogenated alkanes) is 1. The van der Waals surface area contributed by atoms with Crippen LogP contribution in [-0.4, -0.2) is 40.3 Å². The lowest BCUT2D eigenvalue weighted by Crippen LogP contribution is -2.42. The summed E-state index contributed by atoms with van der Waals surface area (Å²) >= 11 is 1.54. The molecule has 1 atom stereocenters. The molecular formula is C25H36N2O4S2. The molecular weight excluding hydrogens is 456 g/mol. The number of rotatable bonds is 14. The highest BCUT2D eigenvalue weighted by molar-refractivity contribution is 7.98. The summed E-state index contributed by atoms with van der Waals surface area (Å²) in [5.41, 5.74) is 0.417. The van der Waals surface area contributed by atoms with Crippen LogP contribution in [0.2, 0.25) is 0 Å². The molecule has 2 aromatic carbocycles. The van der Waals surface area contributed by atoms with Crippen molar-refractivity contribution in [3.8, 4) is 5.75 Å². The summed E-state index contributed by atoms with van der Waals surface area (Å²) in [5.74, 6) is 0.723. The number of thioether (sulfide) groups is 1. The van der Waals surface area contributed by atoms with E-state index >= 15 is 0 Å². The van der Waals surface area contributed by atoms with Gasteiger partial charge in [-0.15, -0.1) is 11.8 Å². The van der Waals surface area contributed by atoms with Crippen molar-refractivity contribution in [3.63, 3.8) is 0 Å². The zero-order valence-electron chi connectivity index (χ0n) is 20.0. The highest BCUT2D eigenvalue weighted by Gasteiger charge is 2.27. The third-order valence-electron chi connectivity index (χ3n) is 5.50. The molecule has 6 nitrogen and oxygen atoms in total. The molecule has 0 aromatic heterocycles. The number of benzene rings is 2. The van der Waals surface area contributed by atoms with E-state index in [2.05, 4.69) is 19.2 Å². The van der Waals surface area contributed by atoms with Crippen molar-refractivity contribution in [3.05, 3.63) is 48.5 Å². The van der Waals surface area contributed by atoms with Crippen molar-refractivity contribution in [1.82, 2.24) is 5.32 Å². The smallest absolute Gasteiger partial charge is 0.264 e. The van der Waals surface area contributed by atoms with Crippen LogP contribution in [0.15, 0.2) is 58.3 Å². The second-order valence-electron chi connectivity index (χ2n) is 7.83. The lowest BCUT2D eigenvalue weighted by Gasteiger charge is -2.25. The lowest BCUT2D eigenvalue weighted by molar-refractivity contribution is -0.119. The number of hydrogen-bond acceptors (Lipinski definition) is 5. The molecule has 2 aromatic rings. The maximum atomic E-state index is 13.5. The van der Waals surface area contributed by atoms with Gasteiger partial charge in [0.2, 0.25) is 5.91 Å². The normalized spacial score (nSPS) is 12.2. The molecule has 1 amide bonds. The van der Waals surface area contributed by atoms with Crippen molar-refractivity contribution in [2.45, 2.75) is 56.2 Å². The number of ether oxygens (including phenoxy) is 1. The zero-order chi connectivity index (χ0) is 24.3. The maximum absolute atomic E-state index is 13.5. The average Bonchev–Trinajstić information content (AvgIpc) is 2.83. The largest absolute Gasteiger partial charge is 0.494 e. The van der Waals surface area contributed by atoms with Crippen LogP contribution in [0.3, 0.4) is 0 Å². The number of anilines is 1. The van der Waals surface area contributed by atoms with E-state index in [4.69, 9.17) is 4.74 Å². The second kappa shape index (κ2) is 13.5. The SMILES string of the molecule is CCCCC(CC)CNC(=O)CN(c1ccc(OCC)cc1)S(=O)(=O)c1ccc(SC)cc1. The minimum Gasteiger partial charge on any atom is -0.494 e. The van der Waals surface area contributed by atoms with E-state index in [0.717, 1.165) is 30.6 Å². The lowest BCUT2D eigenvalue weighted by atomic mass is 9.99. The number of amides is 1. The molecule has 2 rings (SSSR count). The first-order chi connectivity index (χ1) is 15.8.